The van der Waals surface area contributed by atoms with Gasteiger partial charge >= 0.3 is 6.18 Å². The first-order valence-electron chi connectivity index (χ1n) is 6.64. The molecule has 3 atom stereocenters. The van der Waals surface area contributed by atoms with Gasteiger partial charge in [-0.15, -0.1) is 0 Å². The molecule has 6 heteroatoms. The molecule has 20 heavy (non-hydrogen) atoms. The van der Waals surface area contributed by atoms with Crippen LogP contribution in [0, 0.1) is 0 Å². The Labute approximate surface area is 116 Å². The van der Waals surface area contributed by atoms with E-state index in [2.05, 4.69) is 0 Å². The van der Waals surface area contributed by atoms with Crippen molar-refractivity contribution in [1.29, 1.82) is 0 Å². The van der Waals surface area contributed by atoms with Gasteiger partial charge in [-0.3, -0.25) is 4.90 Å². The van der Waals surface area contributed by atoms with E-state index in [0.717, 1.165) is 6.42 Å². The van der Waals surface area contributed by atoms with Crippen LogP contribution < -0.4 is 4.74 Å². The van der Waals surface area contributed by atoms with Gasteiger partial charge in [0.1, 0.15) is 11.9 Å². The molecule has 0 bridgehead atoms. The Morgan fingerprint density at radius 3 is 2.55 bits per heavy atom. The summed E-state index contributed by atoms with van der Waals surface area (Å²) in [5.74, 6) is 0.521. The second-order valence-corrected chi connectivity index (χ2v) is 4.94. The number of hydrogen-bond acceptors (Lipinski definition) is 3. The average Bonchev–Trinajstić information content (AvgIpc) is 2.37. The first kappa shape index (κ1) is 15.1. The molecule has 0 amide bonds. The van der Waals surface area contributed by atoms with Crippen molar-refractivity contribution in [3.8, 4) is 5.75 Å². The summed E-state index contributed by atoms with van der Waals surface area (Å²) in [7, 11) is 0. The lowest BCUT2D eigenvalue weighted by Crippen LogP contribution is -2.69. The van der Waals surface area contributed by atoms with Crippen LogP contribution in [0.1, 0.15) is 13.3 Å². The number of nitrogens with zero attached hydrogens (tertiary/aromatic N) is 1. The van der Waals surface area contributed by atoms with Crippen LogP contribution in [-0.2, 0) is 0 Å². The predicted molar refractivity (Wildman–Crippen MR) is 68.6 cm³/mol. The Morgan fingerprint density at radius 2 is 2.00 bits per heavy atom. The lowest BCUT2D eigenvalue weighted by molar-refractivity contribution is -0.247. The molecule has 2 rings (SSSR count). The highest BCUT2D eigenvalue weighted by molar-refractivity contribution is 5.22. The molecular formula is C14H18F3NO2. The fraction of sp³-hybridized carbons (Fsp3) is 0.571. The lowest BCUT2D eigenvalue weighted by atomic mass is 9.92. The molecule has 1 heterocycles. The van der Waals surface area contributed by atoms with Crippen LogP contribution in [0.5, 0.6) is 5.75 Å². The van der Waals surface area contributed by atoms with E-state index in [4.69, 9.17) is 4.74 Å². The number of alkyl halides is 3. The normalized spacial score (nSPS) is 25.1. The molecule has 1 aliphatic heterocycles. The van der Waals surface area contributed by atoms with Crippen molar-refractivity contribution in [1.82, 2.24) is 4.90 Å². The number of likely N-dealkylation sites (tertiary alicyclic amines) is 1. The highest BCUT2D eigenvalue weighted by atomic mass is 19.4. The maximum atomic E-state index is 12.7. The van der Waals surface area contributed by atoms with Crippen LogP contribution in [0.3, 0.4) is 0 Å². The Hall–Kier alpha value is -1.27. The molecule has 1 N–H and O–H groups in total. The fourth-order valence-electron chi connectivity index (χ4n) is 2.46. The third kappa shape index (κ3) is 3.24. The first-order chi connectivity index (χ1) is 9.43. The summed E-state index contributed by atoms with van der Waals surface area (Å²) >= 11 is 0. The Bertz CT molecular complexity index is 424. The number of para-hydroxylation sites is 1. The third-order valence-electron chi connectivity index (χ3n) is 3.42. The molecular weight excluding hydrogens is 271 g/mol. The molecule has 0 aliphatic carbocycles. The number of rotatable bonds is 5. The highest BCUT2D eigenvalue weighted by Crippen LogP contribution is 2.33. The summed E-state index contributed by atoms with van der Waals surface area (Å²) in [6.45, 7) is 2.81. The van der Waals surface area contributed by atoms with Crippen LogP contribution in [0.2, 0.25) is 0 Å². The molecule has 1 fully saturated rings. The number of aliphatic hydroxyl groups is 1. The minimum atomic E-state index is -4.63. The van der Waals surface area contributed by atoms with Gasteiger partial charge in [0.15, 0.2) is 6.10 Å². The summed E-state index contributed by atoms with van der Waals surface area (Å²) in [4.78, 5) is 1.62. The molecule has 0 unspecified atom stereocenters. The van der Waals surface area contributed by atoms with Crippen LogP contribution in [0.25, 0.3) is 0 Å². The predicted octanol–water partition coefficient (Wildman–Crippen LogP) is 2.45. The molecule has 1 aromatic rings. The summed E-state index contributed by atoms with van der Waals surface area (Å²) in [5.41, 5.74) is 0. The van der Waals surface area contributed by atoms with Crippen molar-refractivity contribution >= 4 is 0 Å². The van der Waals surface area contributed by atoms with E-state index in [9.17, 15) is 18.3 Å². The van der Waals surface area contributed by atoms with Gasteiger partial charge < -0.3 is 9.84 Å². The SMILES string of the molecule is CCCN1C[C@H](Oc2ccccc2)[C@@H]1[C@H](O)C(F)(F)F. The largest absolute Gasteiger partial charge is 0.487 e. The van der Waals surface area contributed by atoms with Crippen molar-refractivity contribution in [2.24, 2.45) is 0 Å². The Balaban J connectivity index is 2.06. The zero-order valence-electron chi connectivity index (χ0n) is 11.2. The summed E-state index contributed by atoms with van der Waals surface area (Å²) in [5, 5.41) is 9.50. The standard InChI is InChI=1S/C14H18F3NO2/c1-2-8-18-9-11(12(18)13(19)14(15,16)17)20-10-6-4-3-5-7-10/h3-7,11-13,19H,2,8-9H2,1H3/t11-,12+,13-/m0/s1. The van der Waals surface area contributed by atoms with Gasteiger partial charge in [-0.1, -0.05) is 25.1 Å². The molecule has 3 nitrogen and oxygen atoms in total. The van der Waals surface area contributed by atoms with Gasteiger partial charge in [0.2, 0.25) is 0 Å². The first-order valence-corrected chi connectivity index (χ1v) is 6.64. The fourth-order valence-corrected chi connectivity index (χ4v) is 2.46. The van der Waals surface area contributed by atoms with Crippen molar-refractivity contribution in [2.75, 3.05) is 13.1 Å². The maximum Gasteiger partial charge on any atom is 0.416 e. The summed E-state index contributed by atoms with van der Waals surface area (Å²) in [6, 6.07) is 7.67. The van der Waals surface area contributed by atoms with Crippen LogP contribution in [0.4, 0.5) is 13.2 Å². The highest BCUT2D eigenvalue weighted by Gasteiger charge is 2.54. The molecule has 112 valence electrons. The van der Waals surface area contributed by atoms with Crippen molar-refractivity contribution in [3.63, 3.8) is 0 Å². The molecule has 1 aromatic carbocycles. The van der Waals surface area contributed by atoms with E-state index in [0.29, 0.717) is 18.8 Å². The summed E-state index contributed by atoms with van der Waals surface area (Å²) in [6.07, 6.45) is -6.91. The minimum Gasteiger partial charge on any atom is -0.487 e. The van der Waals surface area contributed by atoms with E-state index in [1.165, 1.54) is 0 Å². The number of hydrogen-bond donors (Lipinski definition) is 1. The van der Waals surface area contributed by atoms with E-state index >= 15 is 0 Å². The second-order valence-electron chi connectivity index (χ2n) is 4.94. The maximum absolute atomic E-state index is 12.7. The third-order valence-corrected chi connectivity index (χ3v) is 3.42. The second kappa shape index (κ2) is 6.01. The van der Waals surface area contributed by atoms with E-state index < -0.39 is 24.4 Å². The van der Waals surface area contributed by atoms with E-state index in [-0.39, 0.29) is 0 Å². The summed E-state index contributed by atoms with van der Waals surface area (Å²) < 4.78 is 43.7. The average molecular weight is 289 g/mol. The Kier molecular flexibility index (Phi) is 4.55. The monoisotopic (exact) mass is 289 g/mol. The number of ether oxygens (including phenoxy) is 1. The van der Waals surface area contributed by atoms with Crippen molar-refractivity contribution < 1.29 is 23.0 Å². The number of benzene rings is 1. The zero-order chi connectivity index (χ0) is 14.8. The van der Waals surface area contributed by atoms with Gasteiger partial charge in [-0.05, 0) is 25.1 Å². The van der Waals surface area contributed by atoms with E-state index in [1.54, 1.807) is 35.2 Å². The van der Waals surface area contributed by atoms with Crippen LogP contribution >= 0.6 is 0 Å². The number of halogens is 3. The van der Waals surface area contributed by atoms with Crippen LogP contribution in [-0.4, -0.2) is 47.5 Å². The van der Waals surface area contributed by atoms with E-state index in [1.807, 2.05) is 6.92 Å². The molecule has 0 saturated carbocycles. The van der Waals surface area contributed by atoms with Gasteiger partial charge in [0, 0.05) is 6.54 Å². The van der Waals surface area contributed by atoms with Gasteiger partial charge in [0.25, 0.3) is 0 Å². The molecule has 0 aromatic heterocycles. The molecule has 0 radical (unpaired) electrons. The van der Waals surface area contributed by atoms with Crippen molar-refractivity contribution in [2.45, 2.75) is 37.8 Å². The van der Waals surface area contributed by atoms with Gasteiger partial charge in [-0.25, -0.2) is 0 Å². The minimum absolute atomic E-state index is 0.403. The van der Waals surface area contributed by atoms with Gasteiger partial charge in [-0.2, -0.15) is 13.2 Å². The topological polar surface area (TPSA) is 32.7 Å². The van der Waals surface area contributed by atoms with Crippen LogP contribution in [0.15, 0.2) is 30.3 Å². The lowest BCUT2D eigenvalue weighted by Gasteiger charge is -2.49. The molecule has 1 saturated heterocycles. The number of aliphatic hydroxyl groups excluding tert-OH is 1. The van der Waals surface area contributed by atoms with Crippen molar-refractivity contribution in [3.05, 3.63) is 30.3 Å². The molecule has 1 aliphatic rings. The zero-order valence-corrected chi connectivity index (χ0v) is 11.2. The molecule has 0 spiro atoms. The van der Waals surface area contributed by atoms with Gasteiger partial charge in [0.05, 0.1) is 6.04 Å². The Morgan fingerprint density at radius 1 is 1.35 bits per heavy atom. The smallest absolute Gasteiger partial charge is 0.416 e. The quantitative estimate of drug-likeness (QED) is 0.904.